The molecular formula is C24H32F2N4O2S. The Bertz CT molecular complexity index is 960. The molecule has 0 saturated carbocycles. The molecule has 9 heteroatoms. The van der Waals surface area contributed by atoms with E-state index in [0.717, 1.165) is 66.5 Å². The third-order valence-corrected chi connectivity index (χ3v) is 7.27. The maximum absolute atomic E-state index is 12.9. The fraction of sp³-hybridized carbons (Fsp3) is 0.583. The number of ether oxygens (including phenoxy) is 1. The van der Waals surface area contributed by atoms with Crippen LogP contribution in [0.25, 0.3) is 11.3 Å². The molecule has 4 rings (SSSR count). The third kappa shape index (κ3) is 5.87. The molecule has 0 unspecified atom stereocenters. The molecule has 0 spiro atoms. The number of rotatable bonds is 8. The SMILES string of the molecule is CC(C)n1nc(-c2cccc(OC(F)F)c2)c2c1C[C@H](C(=O)NCCN1CCSCC1)CC2. The molecule has 0 bridgehead atoms. The predicted octanol–water partition coefficient (Wildman–Crippen LogP) is 4.00. The average Bonchev–Trinajstić information content (AvgIpc) is 3.19. The van der Waals surface area contributed by atoms with E-state index in [-0.39, 0.29) is 23.6 Å². The largest absolute Gasteiger partial charge is 0.435 e. The van der Waals surface area contributed by atoms with Crippen LogP contribution in [0, 0.1) is 5.92 Å². The van der Waals surface area contributed by atoms with Crippen LogP contribution in [0.4, 0.5) is 8.78 Å². The lowest BCUT2D eigenvalue weighted by atomic mass is 9.85. The summed E-state index contributed by atoms with van der Waals surface area (Å²) in [5.41, 5.74) is 3.72. The van der Waals surface area contributed by atoms with Crippen LogP contribution in [0.3, 0.4) is 0 Å². The highest BCUT2D eigenvalue weighted by atomic mass is 32.2. The Labute approximate surface area is 198 Å². The topological polar surface area (TPSA) is 59.4 Å². The average molecular weight is 479 g/mol. The molecule has 1 fully saturated rings. The Morgan fingerprint density at radius 2 is 2.09 bits per heavy atom. The Morgan fingerprint density at radius 1 is 1.30 bits per heavy atom. The number of halogens is 2. The van der Waals surface area contributed by atoms with Gasteiger partial charge in [-0.1, -0.05) is 12.1 Å². The van der Waals surface area contributed by atoms with E-state index in [1.54, 1.807) is 12.1 Å². The van der Waals surface area contributed by atoms with Crippen molar-refractivity contribution in [2.24, 2.45) is 5.92 Å². The first-order valence-corrected chi connectivity index (χ1v) is 12.8. The summed E-state index contributed by atoms with van der Waals surface area (Å²) < 4.78 is 31.9. The summed E-state index contributed by atoms with van der Waals surface area (Å²) >= 11 is 1.98. The van der Waals surface area contributed by atoms with Gasteiger partial charge in [0.1, 0.15) is 5.75 Å². The Balaban J connectivity index is 1.47. The van der Waals surface area contributed by atoms with Crippen molar-refractivity contribution in [3.8, 4) is 17.0 Å². The second-order valence-electron chi connectivity index (χ2n) is 8.90. The van der Waals surface area contributed by atoms with Gasteiger partial charge in [-0.15, -0.1) is 0 Å². The lowest BCUT2D eigenvalue weighted by molar-refractivity contribution is -0.125. The number of alkyl halides is 2. The minimum atomic E-state index is -2.87. The molecule has 33 heavy (non-hydrogen) atoms. The zero-order chi connectivity index (χ0) is 23.4. The maximum Gasteiger partial charge on any atom is 0.387 e. The lowest BCUT2D eigenvalue weighted by Crippen LogP contribution is -2.41. The summed E-state index contributed by atoms with van der Waals surface area (Å²) in [4.78, 5) is 15.3. The van der Waals surface area contributed by atoms with E-state index in [0.29, 0.717) is 13.0 Å². The van der Waals surface area contributed by atoms with E-state index < -0.39 is 6.61 Å². The van der Waals surface area contributed by atoms with Crippen molar-refractivity contribution in [2.75, 3.05) is 37.7 Å². The lowest BCUT2D eigenvalue weighted by Gasteiger charge is -2.27. The molecule has 1 aliphatic heterocycles. The van der Waals surface area contributed by atoms with Gasteiger partial charge in [0.25, 0.3) is 0 Å². The van der Waals surface area contributed by atoms with Crippen molar-refractivity contribution in [3.05, 3.63) is 35.5 Å². The first-order chi connectivity index (χ1) is 15.9. The van der Waals surface area contributed by atoms with Gasteiger partial charge in [0.15, 0.2) is 0 Å². The molecule has 1 aromatic carbocycles. The van der Waals surface area contributed by atoms with Crippen LogP contribution in [0.5, 0.6) is 5.75 Å². The zero-order valence-electron chi connectivity index (χ0n) is 19.2. The first kappa shape index (κ1) is 24.0. The van der Waals surface area contributed by atoms with Gasteiger partial charge in [-0.2, -0.15) is 25.6 Å². The predicted molar refractivity (Wildman–Crippen MR) is 127 cm³/mol. The highest BCUT2D eigenvalue weighted by Crippen LogP contribution is 2.36. The summed E-state index contributed by atoms with van der Waals surface area (Å²) in [5.74, 6) is 2.48. The van der Waals surface area contributed by atoms with Gasteiger partial charge in [0.05, 0.1) is 5.69 Å². The van der Waals surface area contributed by atoms with Crippen LogP contribution in [0.15, 0.2) is 24.3 Å². The molecule has 1 atom stereocenters. The maximum atomic E-state index is 12.9. The Morgan fingerprint density at radius 3 is 2.82 bits per heavy atom. The van der Waals surface area contributed by atoms with E-state index in [1.165, 1.54) is 6.07 Å². The van der Waals surface area contributed by atoms with Crippen LogP contribution >= 0.6 is 11.8 Å². The number of fused-ring (bicyclic) bond motifs is 1. The molecule has 0 radical (unpaired) electrons. The van der Waals surface area contributed by atoms with Gasteiger partial charge >= 0.3 is 6.61 Å². The van der Waals surface area contributed by atoms with Crippen LogP contribution in [-0.2, 0) is 17.6 Å². The number of nitrogens with one attached hydrogen (secondary N) is 1. The summed E-state index contributed by atoms with van der Waals surface area (Å²) in [5, 5.41) is 7.97. The smallest absolute Gasteiger partial charge is 0.387 e. The van der Waals surface area contributed by atoms with Crippen molar-refractivity contribution in [1.29, 1.82) is 0 Å². The molecule has 1 aliphatic carbocycles. The minimum Gasteiger partial charge on any atom is -0.435 e. The van der Waals surface area contributed by atoms with Crippen LogP contribution < -0.4 is 10.1 Å². The highest BCUT2D eigenvalue weighted by Gasteiger charge is 2.31. The molecule has 180 valence electrons. The Hall–Kier alpha value is -2.13. The number of carbonyl (C=O) groups is 1. The highest BCUT2D eigenvalue weighted by molar-refractivity contribution is 7.99. The number of amides is 1. The molecule has 2 aromatic rings. The second kappa shape index (κ2) is 10.9. The Kier molecular flexibility index (Phi) is 7.90. The first-order valence-electron chi connectivity index (χ1n) is 11.7. The summed E-state index contributed by atoms with van der Waals surface area (Å²) in [6.07, 6.45) is 2.13. The zero-order valence-corrected chi connectivity index (χ0v) is 20.0. The fourth-order valence-electron chi connectivity index (χ4n) is 4.65. The summed E-state index contributed by atoms with van der Waals surface area (Å²) in [6, 6.07) is 6.83. The van der Waals surface area contributed by atoms with Crippen molar-refractivity contribution >= 4 is 17.7 Å². The number of aromatic nitrogens is 2. The third-order valence-electron chi connectivity index (χ3n) is 6.32. The van der Waals surface area contributed by atoms with Gasteiger partial charge in [-0.3, -0.25) is 14.4 Å². The molecule has 1 N–H and O–H groups in total. The van der Waals surface area contributed by atoms with E-state index in [1.807, 2.05) is 22.5 Å². The van der Waals surface area contributed by atoms with Crippen molar-refractivity contribution in [1.82, 2.24) is 20.0 Å². The van der Waals surface area contributed by atoms with E-state index in [4.69, 9.17) is 5.10 Å². The van der Waals surface area contributed by atoms with Crippen LogP contribution in [-0.4, -0.2) is 64.9 Å². The molecule has 1 saturated heterocycles. The van der Waals surface area contributed by atoms with Crippen molar-refractivity contribution in [2.45, 2.75) is 45.8 Å². The van der Waals surface area contributed by atoms with Gasteiger partial charge < -0.3 is 10.1 Å². The van der Waals surface area contributed by atoms with E-state index >= 15 is 0 Å². The second-order valence-corrected chi connectivity index (χ2v) is 10.1. The molecule has 1 aromatic heterocycles. The monoisotopic (exact) mass is 478 g/mol. The van der Waals surface area contributed by atoms with Crippen LogP contribution in [0.1, 0.15) is 37.6 Å². The number of hydrogen-bond donors (Lipinski definition) is 1. The molecule has 6 nitrogen and oxygen atoms in total. The van der Waals surface area contributed by atoms with Crippen molar-refractivity contribution < 1.29 is 18.3 Å². The normalized spacial score (nSPS) is 19.0. The number of nitrogens with zero attached hydrogens (tertiary/aromatic N) is 3. The number of hydrogen-bond acceptors (Lipinski definition) is 5. The molecular weight excluding hydrogens is 446 g/mol. The molecule has 2 heterocycles. The quantitative estimate of drug-likeness (QED) is 0.622. The van der Waals surface area contributed by atoms with Gasteiger partial charge in [0, 0.05) is 72.9 Å². The number of carbonyl (C=O) groups excluding carboxylic acids is 1. The van der Waals surface area contributed by atoms with Gasteiger partial charge in [-0.05, 0) is 38.8 Å². The summed E-state index contributed by atoms with van der Waals surface area (Å²) in [7, 11) is 0. The number of benzene rings is 1. The minimum absolute atomic E-state index is 0.0787. The van der Waals surface area contributed by atoms with E-state index in [9.17, 15) is 13.6 Å². The van der Waals surface area contributed by atoms with Gasteiger partial charge in [-0.25, -0.2) is 0 Å². The van der Waals surface area contributed by atoms with Gasteiger partial charge in [0.2, 0.25) is 5.91 Å². The van der Waals surface area contributed by atoms with Crippen molar-refractivity contribution in [3.63, 3.8) is 0 Å². The summed E-state index contributed by atoms with van der Waals surface area (Å²) in [6.45, 7) is 5.02. The molecule has 1 amide bonds. The van der Waals surface area contributed by atoms with Crippen LogP contribution in [0.2, 0.25) is 0 Å². The molecule has 2 aliphatic rings. The number of thioether (sulfide) groups is 1. The standard InChI is InChI=1S/C24H32F2N4O2S/c1-16(2)30-21-15-18(23(31)27-8-9-29-10-12-33-13-11-29)6-7-20(21)22(28-30)17-4-3-5-19(14-17)32-24(25)26/h3-5,14,16,18,24H,6-13,15H2,1-2H3,(H,27,31)/t18-/m1/s1. The fourth-order valence-corrected chi connectivity index (χ4v) is 5.62. The van der Waals surface area contributed by atoms with E-state index in [2.05, 4.69) is 28.8 Å².